The van der Waals surface area contributed by atoms with Crippen molar-refractivity contribution in [3.63, 3.8) is 0 Å². The molecule has 1 aliphatic heterocycles. The molecule has 2 N–H and O–H groups in total. The van der Waals surface area contributed by atoms with Crippen LogP contribution in [0.4, 0.5) is 30.4 Å². The molecule has 12 heteroatoms. The second kappa shape index (κ2) is 12.0. The topological polar surface area (TPSA) is 101 Å². The number of carbonyl (C=O) groups excluding carboxylic acids is 1. The van der Waals surface area contributed by atoms with E-state index in [0.717, 1.165) is 49.5 Å². The molecule has 9 nitrogen and oxygen atoms in total. The third-order valence-electron chi connectivity index (χ3n) is 7.78. The molecule has 1 amide bonds. The van der Waals surface area contributed by atoms with Crippen LogP contribution in [0.1, 0.15) is 46.3 Å². The van der Waals surface area contributed by atoms with Crippen LogP contribution in [0.2, 0.25) is 0 Å². The Balaban J connectivity index is 1.26. The number of alkyl halides is 3. The zero-order valence-electron chi connectivity index (χ0n) is 24.3. The molecule has 0 bridgehead atoms. The van der Waals surface area contributed by atoms with Gasteiger partial charge in [-0.25, -0.2) is 9.97 Å². The molecule has 1 aliphatic rings. The minimum atomic E-state index is -4.54. The van der Waals surface area contributed by atoms with Gasteiger partial charge in [-0.15, -0.1) is 0 Å². The first-order chi connectivity index (χ1) is 21.2. The molecule has 44 heavy (non-hydrogen) atoms. The monoisotopic (exact) mass is 600 g/mol. The Hall–Kier alpha value is -4.84. The summed E-state index contributed by atoms with van der Waals surface area (Å²) in [6.45, 7) is 3.67. The van der Waals surface area contributed by atoms with E-state index < -0.39 is 17.6 Å². The average Bonchev–Trinajstić information content (AvgIpc) is 3.40. The van der Waals surface area contributed by atoms with Crippen molar-refractivity contribution in [3.8, 4) is 11.4 Å². The highest BCUT2D eigenvalue weighted by Gasteiger charge is 2.34. The highest BCUT2D eigenvalue weighted by Crippen LogP contribution is 2.35. The number of anilines is 3. The fraction of sp³-hybridized carbons (Fsp3) is 0.281. The molecule has 2 aromatic carbocycles. The summed E-state index contributed by atoms with van der Waals surface area (Å²) >= 11 is 0. The van der Waals surface area contributed by atoms with Crippen LogP contribution < -0.4 is 10.6 Å². The highest BCUT2D eigenvalue weighted by atomic mass is 19.4. The zero-order valence-corrected chi connectivity index (χ0v) is 24.3. The van der Waals surface area contributed by atoms with Gasteiger partial charge in [0, 0.05) is 48.5 Å². The Kier molecular flexibility index (Phi) is 8.00. The molecule has 0 spiro atoms. The van der Waals surface area contributed by atoms with Crippen LogP contribution in [0, 0.1) is 6.92 Å². The van der Waals surface area contributed by atoms with Crippen molar-refractivity contribution in [3.05, 3.63) is 89.4 Å². The maximum Gasteiger partial charge on any atom is 0.416 e. The number of aromatic nitrogens is 5. The summed E-state index contributed by atoms with van der Waals surface area (Å²) in [7, 11) is 1.78. The number of benzene rings is 2. The van der Waals surface area contributed by atoms with Crippen molar-refractivity contribution < 1.29 is 18.0 Å². The van der Waals surface area contributed by atoms with Gasteiger partial charge in [0.25, 0.3) is 5.91 Å². The number of pyridine rings is 1. The molecule has 0 radical (unpaired) electrons. The standard InChI is InChI=1S/C32H31F3N8O/c1-20-8-9-21(31(44)38-24-11-10-23(26(16-24)32(33,34)35)19-43-13-4-3-5-14-43)15-27(20)39-29-25-18-37-42(2)30(25)41-28(40-29)22-7-6-12-36-17-22/h6-12,15-18H,3-5,13-14,19H2,1-2H3,(H,38,44)(H,39,40,41). The van der Waals surface area contributed by atoms with E-state index in [1.807, 2.05) is 17.9 Å². The lowest BCUT2D eigenvalue weighted by atomic mass is 10.0. The molecule has 0 atom stereocenters. The Morgan fingerprint density at radius 2 is 1.82 bits per heavy atom. The van der Waals surface area contributed by atoms with Crippen molar-refractivity contribution in [2.24, 2.45) is 7.05 Å². The number of aryl methyl sites for hydroxylation is 2. The maximum atomic E-state index is 14.0. The highest BCUT2D eigenvalue weighted by molar-refractivity contribution is 6.05. The molecule has 0 saturated carbocycles. The number of nitrogens with one attached hydrogen (secondary N) is 2. The van der Waals surface area contributed by atoms with Gasteiger partial charge in [-0.05, 0) is 80.4 Å². The Morgan fingerprint density at radius 3 is 2.57 bits per heavy atom. The van der Waals surface area contributed by atoms with Gasteiger partial charge in [0.1, 0.15) is 5.82 Å². The lowest BCUT2D eigenvalue weighted by molar-refractivity contribution is -0.138. The predicted octanol–water partition coefficient (Wildman–Crippen LogP) is 6.73. The smallest absolute Gasteiger partial charge is 0.339 e. The first-order valence-corrected chi connectivity index (χ1v) is 14.4. The molecular formula is C32H31F3N8O. The number of amides is 1. The van der Waals surface area contributed by atoms with Gasteiger partial charge >= 0.3 is 6.18 Å². The van der Waals surface area contributed by atoms with Gasteiger partial charge in [0.2, 0.25) is 0 Å². The minimum absolute atomic E-state index is 0.0776. The Morgan fingerprint density at radius 1 is 1.00 bits per heavy atom. The molecular weight excluding hydrogens is 569 g/mol. The number of rotatable bonds is 7. The summed E-state index contributed by atoms with van der Waals surface area (Å²) in [5, 5.41) is 11.0. The molecule has 0 aliphatic carbocycles. The van der Waals surface area contributed by atoms with E-state index in [1.165, 1.54) is 12.1 Å². The molecule has 0 unspecified atom stereocenters. The number of carbonyl (C=O) groups is 1. The number of hydrogen-bond donors (Lipinski definition) is 2. The number of piperidine rings is 1. The third-order valence-corrected chi connectivity index (χ3v) is 7.78. The van der Waals surface area contributed by atoms with Gasteiger partial charge in [-0.2, -0.15) is 18.3 Å². The van der Waals surface area contributed by atoms with Gasteiger partial charge in [0.05, 0.1) is 17.1 Å². The van der Waals surface area contributed by atoms with Crippen LogP contribution in [0.5, 0.6) is 0 Å². The Bertz CT molecular complexity index is 1810. The SMILES string of the molecule is Cc1ccc(C(=O)Nc2ccc(CN3CCCCC3)c(C(F)(F)F)c2)cc1Nc1nc(-c2cccnc2)nc2c1cnn2C. The van der Waals surface area contributed by atoms with E-state index in [1.54, 1.807) is 54.6 Å². The minimum Gasteiger partial charge on any atom is -0.339 e. The lowest BCUT2D eigenvalue weighted by Gasteiger charge is -2.27. The largest absolute Gasteiger partial charge is 0.416 e. The molecule has 1 fully saturated rings. The molecule has 3 aromatic heterocycles. The second-order valence-corrected chi connectivity index (χ2v) is 11.0. The first kappa shape index (κ1) is 29.2. The van der Waals surface area contributed by atoms with E-state index in [-0.39, 0.29) is 23.4 Å². The zero-order chi connectivity index (χ0) is 30.8. The van der Waals surface area contributed by atoms with Crippen LogP contribution in [-0.4, -0.2) is 48.6 Å². The van der Waals surface area contributed by atoms with Crippen molar-refractivity contribution in [1.29, 1.82) is 0 Å². The van der Waals surface area contributed by atoms with E-state index in [4.69, 9.17) is 4.98 Å². The van der Waals surface area contributed by atoms with E-state index >= 15 is 0 Å². The predicted molar refractivity (Wildman–Crippen MR) is 163 cm³/mol. The summed E-state index contributed by atoms with van der Waals surface area (Å²) in [6, 6.07) is 12.7. The molecule has 6 rings (SSSR count). The van der Waals surface area contributed by atoms with Crippen molar-refractivity contribution in [2.75, 3.05) is 23.7 Å². The third kappa shape index (κ3) is 6.25. The van der Waals surface area contributed by atoms with Crippen LogP contribution in [0.25, 0.3) is 22.4 Å². The maximum absolute atomic E-state index is 14.0. The molecule has 226 valence electrons. The molecule has 5 aromatic rings. The van der Waals surface area contributed by atoms with Gasteiger partial charge in [0.15, 0.2) is 11.5 Å². The summed E-state index contributed by atoms with van der Waals surface area (Å²) in [4.78, 5) is 28.8. The van der Waals surface area contributed by atoms with E-state index in [2.05, 4.69) is 25.7 Å². The average molecular weight is 601 g/mol. The van der Waals surface area contributed by atoms with Crippen molar-refractivity contribution in [1.82, 2.24) is 29.6 Å². The fourth-order valence-corrected chi connectivity index (χ4v) is 5.38. The summed E-state index contributed by atoms with van der Waals surface area (Å²) in [5.74, 6) is 0.407. The van der Waals surface area contributed by atoms with Gasteiger partial charge < -0.3 is 10.6 Å². The van der Waals surface area contributed by atoms with Crippen LogP contribution in [-0.2, 0) is 19.8 Å². The number of nitrogens with zero attached hydrogens (tertiary/aromatic N) is 6. The summed E-state index contributed by atoms with van der Waals surface area (Å²) in [6.07, 6.45) is 3.52. The van der Waals surface area contributed by atoms with Crippen LogP contribution >= 0.6 is 0 Å². The van der Waals surface area contributed by atoms with Gasteiger partial charge in [-0.1, -0.05) is 18.6 Å². The van der Waals surface area contributed by atoms with E-state index in [9.17, 15) is 18.0 Å². The normalized spacial score (nSPS) is 14.1. The quantitative estimate of drug-likeness (QED) is 0.214. The van der Waals surface area contributed by atoms with Crippen molar-refractivity contribution >= 4 is 34.1 Å². The molecule has 1 saturated heterocycles. The fourth-order valence-electron chi connectivity index (χ4n) is 5.38. The number of halogens is 3. The number of likely N-dealkylation sites (tertiary alicyclic amines) is 1. The summed E-state index contributed by atoms with van der Waals surface area (Å²) < 4.78 is 43.8. The first-order valence-electron chi connectivity index (χ1n) is 14.4. The molecule has 4 heterocycles. The summed E-state index contributed by atoms with van der Waals surface area (Å²) in [5.41, 5.74) is 2.59. The second-order valence-electron chi connectivity index (χ2n) is 11.0. The van der Waals surface area contributed by atoms with Crippen LogP contribution in [0.15, 0.2) is 67.1 Å². The van der Waals surface area contributed by atoms with Crippen molar-refractivity contribution in [2.45, 2.75) is 38.9 Å². The Labute approximate surface area is 252 Å². The number of hydrogen-bond acceptors (Lipinski definition) is 7. The number of fused-ring (bicyclic) bond motifs is 1. The lowest BCUT2D eigenvalue weighted by Crippen LogP contribution is -2.30. The van der Waals surface area contributed by atoms with E-state index in [0.29, 0.717) is 28.4 Å². The van der Waals surface area contributed by atoms with Gasteiger partial charge in [-0.3, -0.25) is 19.4 Å². The van der Waals surface area contributed by atoms with Crippen LogP contribution in [0.3, 0.4) is 0 Å².